The molecule has 0 bridgehead atoms. The molecule has 1 aromatic carbocycles. The number of carbonyl (C=O) groups excluding carboxylic acids is 5. The second-order valence-corrected chi connectivity index (χ2v) is 15.4. The van der Waals surface area contributed by atoms with E-state index >= 15 is 0 Å². The highest BCUT2D eigenvalue weighted by Crippen LogP contribution is 2.21. The zero-order chi connectivity index (χ0) is 44.2. The van der Waals surface area contributed by atoms with Crippen molar-refractivity contribution >= 4 is 47.4 Å². The van der Waals surface area contributed by atoms with Crippen LogP contribution in [0, 0.1) is 11.8 Å². The number of aliphatic imine (C=N–C) groups is 2. The van der Waals surface area contributed by atoms with E-state index in [0.29, 0.717) is 25.7 Å². The maximum Gasteiger partial charge on any atom is 0.326 e. The minimum Gasteiger partial charge on any atom is -0.508 e. The van der Waals surface area contributed by atoms with Crippen LogP contribution in [-0.4, -0.2) is 118 Å². The fourth-order valence-corrected chi connectivity index (χ4v) is 6.61. The Hall–Kier alpha value is -5.66. The molecule has 1 fully saturated rings. The second-order valence-electron chi connectivity index (χ2n) is 15.4. The minimum absolute atomic E-state index is 0.0312. The smallest absolute Gasteiger partial charge is 0.326 e. The molecule has 1 aromatic rings. The van der Waals surface area contributed by atoms with Gasteiger partial charge in [-0.15, -0.1) is 0 Å². The number of phenols is 1. The maximum absolute atomic E-state index is 14.1. The number of aromatic hydroxyl groups is 1. The Kier molecular flexibility index (Phi) is 20.9. The number of aliphatic carboxylic acids is 1. The molecule has 0 spiro atoms. The first-order valence-electron chi connectivity index (χ1n) is 20.2. The fourth-order valence-electron chi connectivity index (χ4n) is 6.61. The lowest BCUT2D eigenvalue weighted by molar-refractivity contribution is -0.143. The molecule has 20 nitrogen and oxygen atoms in total. The van der Waals surface area contributed by atoms with Gasteiger partial charge >= 0.3 is 5.97 Å². The predicted octanol–water partition coefficient (Wildman–Crippen LogP) is -1.13. The number of carboxylic acid groups (broad SMARTS) is 1. The summed E-state index contributed by atoms with van der Waals surface area (Å²) in [7, 11) is 0. The average molecular weight is 831 g/mol. The molecule has 1 aliphatic heterocycles. The van der Waals surface area contributed by atoms with Gasteiger partial charge in [-0.1, -0.05) is 46.2 Å². The molecular formula is C39H66N12O8. The van der Waals surface area contributed by atoms with Crippen molar-refractivity contribution in [3.05, 3.63) is 29.8 Å². The Labute approximate surface area is 345 Å². The minimum atomic E-state index is -1.20. The van der Waals surface area contributed by atoms with Crippen LogP contribution in [0.4, 0.5) is 0 Å². The van der Waals surface area contributed by atoms with E-state index in [-0.39, 0.29) is 81.7 Å². The van der Waals surface area contributed by atoms with E-state index in [1.54, 1.807) is 19.1 Å². The van der Waals surface area contributed by atoms with Gasteiger partial charge in [0.25, 0.3) is 0 Å². The summed E-state index contributed by atoms with van der Waals surface area (Å²) in [5.41, 5.74) is 28.6. The van der Waals surface area contributed by atoms with Crippen molar-refractivity contribution in [3.8, 4) is 5.75 Å². The first-order chi connectivity index (χ1) is 27.8. The summed E-state index contributed by atoms with van der Waals surface area (Å²) in [4.78, 5) is 90.2. The summed E-state index contributed by atoms with van der Waals surface area (Å²) >= 11 is 0. The van der Waals surface area contributed by atoms with Crippen molar-refractivity contribution in [1.82, 2.24) is 26.2 Å². The zero-order valence-electron chi connectivity index (χ0n) is 34.7. The number of nitrogens with zero attached hydrogens (tertiary/aromatic N) is 3. The number of guanidine groups is 2. The number of nitrogens with two attached hydrogens (primary N) is 5. The van der Waals surface area contributed by atoms with E-state index in [9.17, 15) is 39.0 Å². The number of benzene rings is 1. The van der Waals surface area contributed by atoms with E-state index in [1.807, 2.05) is 20.8 Å². The zero-order valence-corrected chi connectivity index (χ0v) is 34.7. The van der Waals surface area contributed by atoms with Crippen LogP contribution in [-0.2, 0) is 35.2 Å². The molecule has 2 rings (SSSR count). The molecule has 7 atom stereocenters. The van der Waals surface area contributed by atoms with Crippen LogP contribution in [0.15, 0.2) is 34.3 Å². The van der Waals surface area contributed by atoms with E-state index in [1.165, 1.54) is 17.0 Å². The number of amides is 5. The van der Waals surface area contributed by atoms with E-state index in [0.717, 1.165) is 5.56 Å². The van der Waals surface area contributed by atoms with Crippen LogP contribution in [0.25, 0.3) is 0 Å². The van der Waals surface area contributed by atoms with Crippen molar-refractivity contribution in [1.29, 1.82) is 0 Å². The monoisotopic (exact) mass is 831 g/mol. The molecule has 59 heavy (non-hydrogen) atoms. The van der Waals surface area contributed by atoms with Crippen LogP contribution in [0.1, 0.15) is 91.0 Å². The van der Waals surface area contributed by atoms with Crippen molar-refractivity contribution in [2.24, 2.45) is 50.5 Å². The summed E-state index contributed by atoms with van der Waals surface area (Å²) in [5.74, 6) is -4.88. The third-order valence-electron chi connectivity index (χ3n) is 10.1. The number of aryl methyl sites for hydroxylation is 1. The number of hydrogen-bond donors (Lipinski definition) is 11. The molecule has 20 heteroatoms. The van der Waals surface area contributed by atoms with Crippen LogP contribution >= 0.6 is 0 Å². The number of rotatable bonds is 25. The molecule has 5 amide bonds. The van der Waals surface area contributed by atoms with Gasteiger partial charge in [-0.25, -0.2) is 4.79 Å². The Balaban J connectivity index is 2.35. The first-order valence-corrected chi connectivity index (χ1v) is 20.2. The van der Waals surface area contributed by atoms with Gasteiger partial charge in [0.15, 0.2) is 11.9 Å². The van der Waals surface area contributed by atoms with Gasteiger partial charge in [0.1, 0.15) is 36.0 Å². The summed E-state index contributed by atoms with van der Waals surface area (Å²) in [6.45, 7) is 7.88. The van der Waals surface area contributed by atoms with Gasteiger partial charge < -0.3 is 65.0 Å². The van der Waals surface area contributed by atoms with Crippen molar-refractivity contribution < 1.29 is 39.0 Å². The highest BCUT2D eigenvalue weighted by molar-refractivity contribution is 5.96. The van der Waals surface area contributed by atoms with E-state index < -0.39 is 77.7 Å². The average Bonchev–Trinajstić information content (AvgIpc) is 3.67. The molecule has 0 unspecified atom stereocenters. The van der Waals surface area contributed by atoms with Gasteiger partial charge in [-0.2, -0.15) is 0 Å². The molecule has 1 heterocycles. The summed E-state index contributed by atoms with van der Waals surface area (Å²) in [6, 6.07) is -0.198. The SMILES string of the molecule is CC[C@H](C)[C@H](NC(=O)[C@H](CCc1ccc(O)cc1)NC(=O)[C@@H]1CCCN1C(=O)[C@H](CCCN=C(N)N)NC(=O)[C@@H](N)CCCN=C(N)N)C(=O)N[C@@H](CC(C)C)C(=O)O. The highest BCUT2D eigenvalue weighted by Gasteiger charge is 2.40. The van der Waals surface area contributed by atoms with Crippen molar-refractivity contribution in [3.63, 3.8) is 0 Å². The van der Waals surface area contributed by atoms with Crippen molar-refractivity contribution in [2.45, 2.75) is 128 Å². The quantitative estimate of drug-likeness (QED) is 0.0316. The van der Waals surface area contributed by atoms with Crippen LogP contribution in [0.5, 0.6) is 5.75 Å². The summed E-state index contributed by atoms with van der Waals surface area (Å²) in [6.07, 6.45) is 2.84. The number of phenolic OH excluding ortho intramolecular Hbond substituents is 1. The maximum atomic E-state index is 14.1. The van der Waals surface area contributed by atoms with Gasteiger partial charge in [-0.3, -0.25) is 34.0 Å². The molecule has 0 radical (unpaired) electrons. The normalized spacial score (nSPS) is 16.7. The standard InChI is InChI=1S/C39H66N12O8/c1-5-23(4)31(35(56)49-29(37(58)59)21-22(2)3)50-33(54)27(17-14-24-12-15-25(52)16-13-24)47-34(55)30-11-8-20-51(30)36(57)28(10-7-19-46-39(43)44)48-32(53)26(40)9-6-18-45-38(41)42/h12-13,15-16,22-23,26-31,52H,5-11,14,17-21,40H2,1-4H3,(H,47,55)(H,48,53)(H,49,56)(H,50,54)(H,58,59)(H4,41,42,45)(H4,43,44,46)/t23-,26-,27-,28-,29-,30-,31-/m0/s1. The molecule has 1 saturated heterocycles. The molecule has 16 N–H and O–H groups in total. The van der Waals surface area contributed by atoms with E-state index in [4.69, 9.17) is 28.7 Å². The predicted molar refractivity (Wildman–Crippen MR) is 223 cm³/mol. The number of carboxylic acids is 1. The molecule has 0 saturated carbocycles. The summed E-state index contributed by atoms with van der Waals surface area (Å²) in [5, 5.41) is 30.4. The third kappa shape index (κ3) is 17.4. The molecule has 0 aromatic heterocycles. The number of carbonyl (C=O) groups is 6. The molecular weight excluding hydrogens is 765 g/mol. The van der Waals surface area contributed by atoms with Gasteiger partial charge in [-0.05, 0) is 87.3 Å². The molecule has 330 valence electrons. The number of hydrogen-bond acceptors (Lipinski definition) is 10. The Morgan fingerprint density at radius 1 is 0.797 bits per heavy atom. The third-order valence-corrected chi connectivity index (χ3v) is 10.1. The van der Waals surface area contributed by atoms with Gasteiger partial charge in [0.2, 0.25) is 29.5 Å². The lowest BCUT2D eigenvalue weighted by atomic mass is 9.96. The Morgan fingerprint density at radius 3 is 1.95 bits per heavy atom. The second kappa shape index (κ2) is 25.0. The fraction of sp³-hybridized carbons (Fsp3) is 0.641. The van der Waals surface area contributed by atoms with Crippen LogP contribution < -0.4 is 49.9 Å². The first kappa shape index (κ1) is 49.5. The highest BCUT2D eigenvalue weighted by atomic mass is 16.4. The number of likely N-dealkylation sites (tertiary alicyclic amines) is 1. The largest absolute Gasteiger partial charge is 0.508 e. The summed E-state index contributed by atoms with van der Waals surface area (Å²) < 4.78 is 0. The van der Waals surface area contributed by atoms with Crippen LogP contribution in [0.2, 0.25) is 0 Å². The lowest BCUT2D eigenvalue weighted by Gasteiger charge is -2.31. The Morgan fingerprint density at radius 2 is 1.39 bits per heavy atom. The molecule has 0 aliphatic carbocycles. The van der Waals surface area contributed by atoms with E-state index in [2.05, 4.69) is 31.3 Å². The lowest BCUT2D eigenvalue weighted by Crippen LogP contribution is -2.60. The van der Waals surface area contributed by atoms with Crippen LogP contribution in [0.3, 0.4) is 0 Å². The van der Waals surface area contributed by atoms with Gasteiger partial charge in [0, 0.05) is 19.6 Å². The molecule has 1 aliphatic rings. The Bertz CT molecular complexity index is 1610. The number of nitrogens with one attached hydrogen (secondary N) is 4. The van der Waals surface area contributed by atoms with Crippen molar-refractivity contribution in [2.75, 3.05) is 19.6 Å². The van der Waals surface area contributed by atoms with Gasteiger partial charge in [0.05, 0.1) is 6.04 Å². The topological polar surface area (TPSA) is 349 Å².